The molecule has 0 atom stereocenters. The van der Waals surface area contributed by atoms with E-state index < -0.39 is 9.84 Å². The molecule has 0 fully saturated rings. The van der Waals surface area contributed by atoms with Gasteiger partial charge in [0.2, 0.25) is 0 Å². The van der Waals surface area contributed by atoms with Crippen molar-refractivity contribution in [2.75, 3.05) is 6.26 Å². The van der Waals surface area contributed by atoms with Crippen molar-refractivity contribution in [2.24, 2.45) is 0 Å². The Hall–Kier alpha value is -3.01. The highest BCUT2D eigenvalue weighted by Crippen LogP contribution is 2.25. The molecule has 4 aromatic rings. The number of thiophene rings is 1. The van der Waals surface area contributed by atoms with Gasteiger partial charge in [-0.05, 0) is 42.8 Å². The van der Waals surface area contributed by atoms with E-state index in [-0.39, 0.29) is 22.7 Å². The lowest BCUT2D eigenvalue weighted by molar-refractivity contribution is 0.0986. The van der Waals surface area contributed by atoms with E-state index in [1.807, 2.05) is 0 Å². The van der Waals surface area contributed by atoms with Gasteiger partial charge in [0.15, 0.2) is 15.6 Å². The SMILES string of the molecule is CS(=O)(=O)c1cc(-n2ccccc2=O)ccc1-n1cnc(CCC(=O)c2ccc(Cl)s2)c1. The maximum Gasteiger partial charge on any atom is 0.255 e. The van der Waals surface area contributed by atoms with Crippen LogP contribution in [0.3, 0.4) is 0 Å². The monoisotopic (exact) mass is 487 g/mol. The van der Waals surface area contributed by atoms with Crippen LogP contribution >= 0.6 is 22.9 Å². The van der Waals surface area contributed by atoms with Crippen LogP contribution in [-0.4, -0.2) is 34.6 Å². The van der Waals surface area contributed by atoms with Gasteiger partial charge in [0.1, 0.15) is 0 Å². The lowest BCUT2D eigenvalue weighted by Crippen LogP contribution is -2.16. The van der Waals surface area contributed by atoms with Crippen molar-refractivity contribution in [2.45, 2.75) is 17.7 Å². The molecule has 1 aromatic carbocycles. The van der Waals surface area contributed by atoms with Crippen molar-refractivity contribution in [3.63, 3.8) is 0 Å². The summed E-state index contributed by atoms with van der Waals surface area (Å²) in [5, 5.41) is 0. The topological polar surface area (TPSA) is 91.0 Å². The lowest BCUT2D eigenvalue weighted by atomic mass is 10.1. The Bertz CT molecular complexity index is 1470. The predicted octanol–water partition coefficient (Wildman–Crippen LogP) is 3.96. The standard InChI is InChI=1S/C22H18ClN3O4S2/c1-32(29,30)20-12-16(26-11-3-2-4-22(26)28)6-7-17(20)25-13-15(24-14-25)5-8-18(27)19-9-10-21(23)31-19/h2-4,6-7,9-14H,5,8H2,1H3. The zero-order valence-corrected chi connectivity index (χ0v) is 19.3. The molecule has 164 valence electrons. The van der Waals surface area contributed by atoms with Crippen molar-refractivity contribution < 1.29 is 13.2 Å². The molecule has 0 aliphatic carbocycles. The number of ketones is 1. The number of halogens is 1. The zero-order valence-electron chi connectivity index (χ0n) is 16.9. The first kappa shape index (κ1) is 22.2. The van der Waals surface area contributed by atoms with Crippen LogP contribution in [0.5, 0.6) is 0 Å². The van der Waals surface area contributed by atoms with Gasteiger partial charge in [-0.1, -0.05) is 17.7 Å². The van der Waals surface area contributed by atoms with Crippen molar-refractivity contribution in [3.05, 3.63) is 92.5 Å². The van der Waals surface area contributed by atoms with Gasteiger partial charge in [-0.25, -0.2) is 13.4 Å². The second-order valence-corrected chi connectivity index (χ2v) is 10.8. The molecule has 32 heavy (non-hydrogen) atoms. The molecule has 7 nitrogen and oxygen atoms in total. The van der Waals surface area contributed by atoms with Gasteiger partial charge in [-0.2, -0.15) is 0 Å². The van der Waals surface area contributed by atoms with Crippen LogP contribution in [0.4, 0.5) is 0 Å². The Labute approximate surface area is 193 Å². The molecule has 3 aromatic heterocycles. The normalized spacial score (nSPS) is 11.6. The fourth-order valence-corrected chi connectivity index (χ4v) is 5.16. The fraction of sp³-hybridized carbons (Fsp3) is 0.136. The van der Waals surface area contributed by atoms with Gasteiger partial charge in [-0.3, -0.25) is 14.2 Å². The third-order valence-electron chi connectivity index (χ3n) is 4.81. The molecule has 10 heteroatoms. The zero-order chi connectivity index (χ0) is 22.9. The highest BCUT2D eigenvalue weighted by Gasteiger charge is 2.17. The number of hydrogen-bond acceptors (Lipinski definition) is 6. The molecule has 0 N–H and O–H groups in total. The largest absolute Gasteiger partial charge is 0.305 e. The van der Waals surface area contributed by atoms with Gasteiger partial charge in [0.05, 0.1) is 37.5 Å². The Morgan fingerprint density at radius 2 is 1.97 bits per heavy atom. The highest BCUT2D eigenvalue weighted by atomic mass is 35.5. The quantitative estimate of drug-likeness (QED) is 0.368. The number of rotatable bonds is 7. The third-order valence-corrected chi connectivity index (χ3v) is 7.21. The minimum atomic E-state index is -3.60. The summed E-state index contributed by atoms with van der Waals surface area (Å²) in [5.74, 6) is -0.0223. The molecule has 0 aliphatic rings. The number of nitrogens with zero attached hydrogens (tertiary/aromatic N) is 3. The Kier molecular flexibility index (Phi) is 6.14. The fourth-order valence-electron chi connectivity index (χ4n) is 3.26. The average Bonchev–Trinajstić information content (AvgIpc) is 3.40. The molecular weight excluding hydrogens is 470 g/mol. The Morgan fingerprint density at radius 3 is 2.66 bits per heavy atom. The van der Waals surface area contributed by atoms with E-state index in [0.717, 1.165) is 6.26 Å². The van der Waals surface area contributed by atoms with E-state index in [0.29, 0.717) is 32.7 Å². The van der Waals surface area contributed by atoms with E-state index in [2.05, 4.69) is 4.98 Å². The lowest BCUT2D eigenvalue weighted by Gasteiger charge is -2.12. The summed E-state index contributed by atoms with van der Waals surface area (Å²) in [6.07, 6.45) is 6.59. The molecule has 0 spiro atoms. The molecule has 0 aliphatic heterocycles. The second kappa shape index (κ2) is 8.85. The van der Waals surface area contributed by atoms with Crippen molar-refractivity contribution in [1.29, 1.82) is 0 Å². The van der Waals surface area contributed by atoms with Gasteiger partial charge < -0.3 is 4.57 Å². The van der Waals surface area contributed by atoms with Crippen LogP contribution in [-0.2, 0) is 16.3 Å². The second-order valence-electron chi connectivity index (χ2n) is 7.13. The molecule has 0 amide bonds. The molecule has 0 bridgehead atoms. The van der Waals surface area contributed by atoms with E-state index in [1.54, 1.807) is 53.4 Å². The molecule has 0 unspecified atom stereocenters. The number of sulfone groups is 1. The van der Waals surface area contributed by atoms with Gasteiger partial charge >= 0.3 is 0 Å². The maximum atomic E-state index is 12.5. The van der Waals surface area contributed by atoms with Crippen LogP contribution in [0, 0.1) is 0 Å². The Morgan fingerprint density at radius 1 is 1.16 bits per heavy atom. The van der Waals surface area contributed by atoms with Crippen LogP contribution in [0.15, 0.2) is 76.9 Å². The predicted molar refractivity (Wildman–Crippen MR) is 124 cm³/mol. The summed E-state index contributed by atoms with van der Waals surface area (Å²) < 4.78 is 28.5. The minimum absolute atomic E-state index is 0.0223. The van der Waals surface area contributed by atoms with Crippen LogP contribution in [0.25, 0.3) is 11.4 Å². The number of hydrogen-bond donors (Lipinski definition) is 0. The first-order valence-electron chi connectivity index (χ1n) is 9.56. The highest BCUT2D eigenvalue weighted by molar-refractivity contribution is 7.90. The maximum absolute atomic E-state index is 12.5. The van der Waals surface area contributed by atoms with E-state index in [9.17, 15) is 18.0 Å². The number of carbonyl (C=O) groups is 1. The Balaban J connectivity index is 1.62. The summed E-state index contributed by atoms with van der Waals surface area (Å²) in [5.41, 5.74) is 1.25. The summed E-state index contributed by atoms with van der Waals surface area (Å²) >= 11 is 7.12. The molecule has 0 saturated carbocycles. The van der Waals surface area contributed by atoms with E-state index in [4.69, 9.17) is 11.6 Å². The van der Waals surface area contributed by atoms with E-state index in [1.165, 1.54) is 34.4 Å². The number of benzene rings is 1. The van der Waals surface area contributed by atoms with Gasteiger partial charge in [-0.15, -0.1) is 11.3 Å². The number of aryl methyl sites for hydroxylation is 1. The number of imidazole rings is 1. The van der Waals surface area contributed by atoms with Crippen LogP contribution < -0.4 is 5.56 Å². The van der Waals surface area contributed by atoms with Crippen molar-refractivity contribution >= 4 is 38.6 Å². The third kappa shape index (κ3) is 4.74. The molecule has 3 heterocycles. The van der Waals surface area contributed by atoms with Crippen molar-refractivity contribution in [1.82, 2.24) is 14.1 Å². The number of Topliss-reactive ketones (excluding diaryl/α,β-unsaturated/α-hetero) is 1. The summed E-state index contributed by atoms with van der Waals surface area (Å²) in [4.78, 5) is 29.4. The number of aromatic nitrogens is 3. The molecule has 0 saturated heterocycles. The summed E-state index contributed by atoms with van der Waals surface area (Å²) in [7, 11) is -3.60. The van der Waals surface area contributed by atoms with Gasteiger partial charge in [0.25, 0.3) is 5.56 Å². The van der Waals surface area contributed by atoms with Crippen LogP contribution in [0.1, 0.15) is 21.8 Å². The number of carbonyl (C=O) groups excluding carboxylic acids is 1. The summed E-state index contributed by atoms with van der Waals surface area (Å²) in [6, 6.07) is 12.9. The average molecular weight is 488 g/mol. The number of pyridine rings is 1. The van der Waals surface area contributed by atoms with E-state index >= 15 is 0 Å². The molecule has 4 rings (SSSR count). The summed E-state index contributed by atoms with van der Waals surface area (Å²) in [6.45, 7) is 0. The van der Waals surface area contributed by atoms with Crippen molar-refractivity contribution in [3.8, 4) is 11.4 Å². The molecule has 0 radical (unpaired) electrons. The van der Waals surface area contributed by atoms with Crippen LogP contribution in [0.2, 0.25) is 4.34 Å². The first-order valence-corrected chi connectivity index (χ1v) is 12.6. The minimum Gasteiger partial charge on any atom is -0.305 e. The first-order chi connectivity index (χ1) is 15.2. The smallest absolute Gasteiger partial charge is 0.255 e. The van der Waals surface area contributed by atoms with Gasteiger partial charge in [0, 0.05) is 31.1 Å². The molecular formula is C22H18ClN3O4S2.